The molecule has 0 atom stereocenters. The van der Waals surface area contributed by atoms with E-state index in [4.69, 9.17) is 11.1 Å². The van der Waals surface area contributed by atoms with Crippen molar-refractivity contribution < 1.29 is 0 Å². The Bertz CT molecular complexity index is 199. The van der Waals surface area contributed by atoms with Gasteiger partial charge >= 0.3 is 0 Å². The second kappa shape index (κ2) is 5.50. The van der Waals surface area contributed by atoms with Crippen LogP contribution in [-0.4, -0.2) is 30.4 Å². The van der Waals surface area contributed by atoms with Gasteiger partial charge in [-0.1, -0.05) is 26.7 Å². The first-order valence-corrected chi connectivity index (χ1v) is 6.17. The monoisotopic (exact) mass is 211 g/mol. The summed E-state index contributed by atoms with van der Waals surface area (Å²) in [6, 6.07) is 0. The molecule has 88 valence electrons. The molecule has 1 aliphatic heterocycles. The summed E-state index contributed by atoms with van der Waals surface area (Å²) < 4.78 is 0. The Hall–Kier alpha value is -0.570. The Morgan fingerprint density at radius 2 is 1.80 bits per heavy atom. The Balaban J connectivity index is 2.31. The van der Waals surface area contributed by atoms with Gasteiger partial charge in [-0.25, -0.2) is 0 Å². The molecule has 0 spiro atoms. The Kier molecular flexibility index (Phi) is 4.58. The molecule has 0 unspecified atom stereocenters. The van der Waals surface area contributed by atoms with Gasteiger partial charge < -0.3 is 10.6 Å². The van der Waals surface area contributed by atoms with E-state index in [9.17, 15) is 0 Å². The predicted octanol–water partition coefficient (Wildman–Crippen LogP) is 2.21. The summed E-state index contributed by atoms with van der Waals surface area (Å²) in [5.41, 5.74) is 5.98. The molecule has 0 radical (unpaired) electrons. The number of rotatable bonds is 5. The average molecular weight is 211 g/mol. The van der Waals surface area contributed by atoms with Crippen LogP contribution in [0.25, 0.3) is 0 Å². The second-order valence-electron chi connectivity index (χ2n) is 4.82. The predicted molar refractivity (Wildman–Crippen MR) is 65.2 cm³/mol. The molecule has 1 heterocycles. The van der Waals surface area contributed by atoms with Gasteiger partial charge in [0, 0.05) is 13.0 Å². The highest BCUT2D eigenvalue weighted by Crippen LogP contribution is 2.37. The minimum atomic E-state index is 0.317. The number of hydrogen-bond donors (Lipinski definition) is 2. The van der Waals surface area contributed by atoms with Gasteiger partial charge in [-0.3, -0.25) is 5.41 Å². The number of amidine groups is 1. The van der Waals surface area contributed by atoms with Gasteiger partial charge in [0.15, 0.2) is 0 Å². The molecule has 0 bridgehead atoms. The summed E-state index contributed by atoms with van der Waals surface area (Å²) in [5.74, 6) is 0.317. The molecule has 0 aromatic carbocycles. The number of nitrogens with zero attached hydrogens (tertiary/aromatic N) is 1. The van der Waals surface area contributed by atoms with Gasteiger partial charge in [-0.2, -0.15) is 0 Å². The molecule has 15 heavy (non-hydrogen) atoms. The Morgan fingerprint density at radius 3 is 2.20 bits per heavy atom. The maximum atomic E-state index is 7.21. The second-order valence-corrected chi connectivity index (χ2v) is 4.82. The number of hydrogen-bond acceptors (Lipinski definition) is 2. The van der Waals surface area contributed by atoms with Gasteiger partial charge in [0.2, 0.25) is 0 Å². The van der Waals surface area contributed by atoms with E-state index in [1.165, 1.54) is 38.8 Å². The van der Waals surface area contributed by atoms with Crippen molar-refractivity contribution in [3.8, 4) is 0 Å². The van der Waals surface area contributed by atoms with Crippen LogP contribution >= 0.6 is 0 Å². The lowest BCUT2D eigenvalue weighted by atomic mass is 9.74. The Labute approximate surface area is 93.5 Å². The zero-order valence-corrected chi connectivity index (χ0v) is 10.2. The average Bonchev–Trinajstić information content (AvgIpc) is 2.27. The molecule has 0 saturated carbocycles. The van der Waals surface area contributed by atoms with Gasteiger partial charge in [0.05, 0.1) is 5.84 Å². The molecule has 1 fully saturated rings. The van der Waals surface area contributed by atoms with Crippen molar-refractivity contribution in [2.45, 2.75) is 46.0 Å². The lowest BCUT2D eigenvalue weighted by Gasteiger charge is -2.41. The minimum Gasteiger partial charge on any atom is -0.388 e. The zero-order chi connectivity index (χ0) is 11.3. The van der Waals surface area contributed by atoms with E-state index in [1.807, 2.05) is 0 Å². The van der Waals surface area contributed by atoms with Crippen molar-refractivity contribution in [2.24, 2.45) is 11.1 Å². The van der Waals surface area contributed by atoms with E-state index in [1.54, 1.807) is 0 Å². The van der Waals surface area contributed by atoms with Crippen molar-refractivity contribution in [1.29, 1.82) is 5.41 Å². The minimum absolute atomic E-state index is 0.317. The molecular weight excluding hydrogens is 186 g/mol. The van der Waals surface area contributed by atoms with Crippen LogP contribution in [0.15, 0.2) is 0 Å². The van der Waals surface area contributed by atoms with E-state index < -0.39 is 0 Å². The zero-order valence-electron chi connectivity index (χ0n) is 10.2. The largest absolute Gasteiger partial charge is 0.388 e. The highest BCUT2D eigenvalue weighted by atomic mass is 15.1. The molecule has 1 rings (SSSR count). The number of piperidine rings is 1. The lowest BCUT2D eigenvalue weighted by molar-refractivity contribution is 0.0974. The third-order valence-corrected chi connectivity index (χ3v) is 4.11. The van der Waals surface area contributed by atoms with Crippen molar-refractivity contribution in [1.82, 2.24) is 4.90 Å². The van der Waals surface area contributed by atoms with Crippen molar-refractivity contribution in [3.63, 3.8) is 0 Å². The summed E-state index contributed by atoms with van der Waals surface area (Å²) in [7, 11) is 0. The third-order valence-electron chi connectivity index (χ3n) is 4.11. The van der Waals surface area contributed by atoms with E-state index in [0.717, 1.165) is 13.0 Å². The fourth-order valence-corrected chi connectivity index (χ4v) is 2.49. The van der Waals surface area contributed by atoms with Crippen LogP contribution in [-0.2, 0) is 0 Å². The van der Waals surface area contributed by atoms with Crippen LogP contribution in [0, 0.1) is 10.8 Å². The number of nitrogens with two attached hydrogens (primary N) is 1. The first kappa shape index (κ1) is 12.5. The molecule has 3 heteroatoms. The molecule has 3 nitrogen and oxygen atoms in total. The Morgan fingerprint density at radius 1 is 1.27 bits per heavy atom. The topological polar surface area (TPSA) is 53.1 Å². The van der Waals surface area contributed by atoms with E-state index in [2.05, 4.69) is 18.7 Å². The lowest BCUT2D eigenvalue weighted by Crippen LogP contribution is -2.40. The molecule has 1 saturated heterocycles. The van der Waals surface area contributed by atoms with Crippen LogP contribution in [0.1, 0.15) is 46.0 Å². The third kappa shape index (κ3) is 3.49. The van der Waals surface area contributed by atoms with Crippen molar-refractivity contribution >= 4 is 5.84 Å². The van der Waals surface area contributed by atoms with Crippen molar-refractivity contribution in [2.75, 3.05) is 19.6 Å². The molecule has 1 aliphatic rings. The van der Waals surface area contributed by atoms with Crippen LogP contribution in [0.3, 0.4) is 0 Å². The summed E-state index contributed by atoms with van der Waals surface area (Å²) in [6.07, 6.45) is 5.98. The van der Waals surface area contributed by atoms with Crippen LogP contribution in [0.5, 0.6) is 0 Å². The first-order valence-electron chi connectivity index (χ1n) is 6.17. The fraction of sp³-hybridized carbons (Fsp3) is 0.917. The van der Waals surface area contributed by atoms with Crippen LogP contribution in [0.4, 0.5) is 0 Å². The van der Waals surface area contributed by atoms with E-state index in [0.29, 0.717) is 11.3 Å². The first-order chi connectivity index (χ1) is 7.12. The summed E-state index contributed by atoms with van der Waals surface area (Å²) in [5, 5.41) is 7.21. The molecule has 0 aromatic rings. The normalized spacial score (nSPS) is 21.5. The standard InChI is InChI=1S/C12H25N3/c1-3-12(4-2)6-9-15(10-7-12)8-5-11(13)14/h3-10H2,1-2H3,(H3,13,14). The smallest absolute Gasteiger partial charge is 0.0918 e. The quantitative estimate of drug-likeness (QED) is 0.541. The highest BCUT2D eigenvalue weighted by molar-refractivity contribution is 5.76. The van der Waals surface area contributed by atoms with Gasteiger partial charge in [-0.15, -0.1) is 0 Å². The van der Waals surface area contributed by atoms with Crippen LogP contribution in [0.2, 0.25) is 0 Å². The maximum absolute atomic E-state index is 7.21. The van der Waals surface area contributed by atoms with Crippen LogP contribution < -0.4 is 5.73 Å². The van der Waals surface area contributed by atoms with Gasteiger partial charge in [0.1, 0.15) is 0 Å². The molecule has 0 amide bonds. The van der Waals surface area contributed by atoms with Gasteiger partial charge in [0.25, 0.3) is 0 Å². The molecular formula is C12H25N3. The summed E-state index contributed by atoms with van der Waals surface area (Å²) >= 11 is 0. The van der Waals surface area contributed by atoms with Crippen molar-refractivity contribution in [3.05, 3.63) is 0 Å². The van der Waals surface area contributed by atoms with E-state index >= 15 is 0 Å². The fourth-order valence-electron chi connectivity index (χ4n) is 2.49. The molecule has 3 N–H and O–H groups in total. The molecule has 0 aromatic heterocycles. The van der Waals surface area contributed by atoms with Gasteiger partial charge in [-0.05, 0) is 31.3 Å². The number of nitrogens with one attached hydrogen (secondary N) is 1. The summed E-state index contributed by atoms with van der Waals surface area (Å²) in [6.45, 7) is 7.98. The number of likely N-dealkylation sites (tertiary alicyclic amines) is 1. The highest BCUT2D eigenvalue weighted by Gasteiger charge is 2.30. The molecule has 0 aliphatic carbocycles. The summed E-state index contributed by atoms with van der Waals surface area (Å²) in [4.78, 5) is 2.45. The van der Waals surface area contributed by atoms with E-state index in [-0.39, 0.29) is 0 Å². The maximum Gasteiger partial charge on any atom is 0.0918 e. The SMILES string of the molecule is CCC1(CC)CCN(CCC(=N)N)CC1.